The number of amides is 1. The van der Waals surface area contributed by atoms with Crippen LogP contribution in [0.2, 0.25) is 15.1 Å². The number of alkyl halides is 3. The van der Waals surface area contributed by atoms with Gasteiger partial charge in [-0.1, -0.05) is 40.0 Å². The van der Waals surface area contributed by atoms with Crippen LogP contribution in [0.3, 0.4) is 0 Å². The molecule has 0 spiro atoms. The molecule has 11 heteroatoms. The summed E-state index contributed by atoms with van der Waals surface area (Å²) in [6.45, 7) is 0. The summed E-state index contributed by atoms with van der Waals surface area (Å²) in [6, 6.07) is 4.96. The molecule has 0 saturated heterocycles. The van der Waals surface area contributed by atoms with Crippen LogP contribution in [0, 0.1) is 0 Å². The highest BCUT2D eigenvalue weighted by Gasteiger charge is 2.62. The van der Waals surface area contributed by atoms with Crippen LogP contribution >= 0.6 is 46.1 Å². The molecule has 1 aliphatic rings. The maximum absolute atomic E-state index is 13.9. The number of nitrogens with zero attached hydrogens (tertiary/aromatic N) is 1. The highest BCUT2D eigenvalue weighted by molar-refractivity contribution is 7.16. The van der Waals surface area contributed by atoms with Gasteiger partial charge in [0.2, 0.25) is 0 Å². The van der Waals surface area contributed by atoms with E-state index in [1.807, 2.05) is 0 Å². The zero-order chi connectivity index (χ0) is 19.3. The Balaban J connectivity index is 2.03. The molecule has 0 aliphatic carbocycles. The molecule has 1 amide bonds. The smallest absolute Gasteiger partial charge is 0.374 e. The first kappa shape index (κ1) is 19.3. The third kappa shape index (κ3) is 3.15. The van der Waals surface area contributed by atoms with E-state index in [9.17, 15) is 18.0 Å². The first-order valence-corrected chi connectivity index (χ1v) is 8.87. The lowest BCUT2D eigenvalue weighted by atomic mass is 9.88. The van der Waals surface area contributed by atoms with E-state index in [1.165, 1.54) is 12.1 Å². The van der Waals surface area contributed by atoms with Crippen LogP contribution in [-0.4, -0.2) is 17.8 Å². The van der Waals surface area contributed by atoms with Crippen molar-refractivity contribution in [2.45, 2.75) is 18.2 Å². The number of hydrogen-bond donors (Lipinski definition) is 1. The molecular formula is C15H8Cl3F3N2O2S. The SMILES string of the molecule is NC(=O)c1ccc(C2=NO[C@@](c3cc(Cl)c(Cl)c(Cl)c3)(C(F)(F)F)C2)s1. The Bertz CT molecular complexity index is 906. The van der Waals surface area contributed by atoms with Gasteiger partial charge in [0.15, 0.2) is 0 Å². The van der Waals surface area contributed by atoms with E-state index in [0.29, 0.717) is 4.88 Å². The van der Waals surface area contributed by atoms with Crippen LogP contribution in [-0.2, 0) is 10.4 Å². The molecule has 0 unspecified atom stereocenters. The van der Waals surface area contributed by atoms with Crippen molar-refractivity contribution >= 4 is 57.8 Å². The van der Waals surface area contributed by atoms with Crippen molar-refractivity contribution in [2.24, 2.45) is 10.9 Å². The zero-order valence-electron chi connectivity index (χ0n) is 12.5. The molecule has 0 fully saturated rings. The highest BCUT2D eigenvalue weighted by atomic mass is 35.5. The Hall–Kier alpha value is -1.48. The fraction of sp³-hybridized carbons (Fsp3) is 0.200. The third-order valence-electron chi connectivity index (χ3n) is 3.77. The van der Waals surface area contributed by atoms with Crippen LogP contribution in [0.1, 0.15) is 26.5 Å². The molecule has 138 valence electrons. The minimum Gasteiger partial charge on any atom is -0.374 e. The lowest BCUT2D eigenvalue weighted by molar-refractivity contribution is -0.275. The maximum atomic E-state index is 13.9. The number of halogens is 6. The fourth-order valence-corrected chi connectivity index (χ4v) is 3.88. The minimum atomic E-state index is -4.82. The van der Waals surface area contributed by atoms with E-state index in [-0.39, 0.29) is 31.2 Å². The van der Waals surface area contributed by atoms with Gasteiger partial charge in [-0.05, 0) is 24.3 Å². The van der Waals surface area contributed by atoms with Gasteiger partial charge in [-0.3, -0.25) is 4.79 Å². The van der Waals surface area contributed by atoms with Gasteiger partial charge in [-0.25, -0.2) is 0 Å². The topological polar surface area (TPSA) is 64.7 Å². The maximum Gasteiger partial charge on any atom is 0.435 e. The highest BCUT2D eigenvalue weighted by Crippen LogP contribution is 2.50. The number of carbonyl (C=O) groups excluding carboxylic acids is 1. The Kier molecular flexibility index (Phi) is 4.89. The molecule has 0 saturated carbocycles. The van der Waals surface area contributed by atoms with Gasteiger partial charge in [-0.15, -0.1) is 11.3 Å². The standard InChI is InChI=1S/C15H8Cl3F3N2O2S/c16-7-3-6(4-8(17)12(7)18)14(15(19,20)21)5-9(23-25-14)10-1-2-11(26-10)13(22)24/h1-4H,5H2,(H2,22,24)/t14-/m0/s1. The summed E-state index contributed by atoms with van der Waals surface area (Å²) in [5.74, 6) is -0.681. The molecule has 2 aromatic rings. The molecule has 0 radical (unpaired) electrons. The van der Waals surface area contributed by atoms with Crippen LogP contribution < -0.4 is 5.73 Å². The van der Waals surface area contributed by atoms with E-state index >= 15 is 0 Å². The van der Waals surface area contributed by atoms with Crippen LogP contribution in [0.4, 0.5) is 13.2 Å². The zero-order valence-corrected chi connectivity index (χ0v) is 15.6. The molecule has 2 heterocycles. The van der Waals surface area contributed by atoms with Crippen LogP contribution in [0.15, 0.2) is 29.4 Å². The lowest BCUT2D eigenvalue weighted by Gasteiger charge is -2.29. The normalized spacial score (nSPS) is 20.0. The number of hydrogen-bond acceptors (Lipinski definition) is 4. The fourth-order valence-electron chi connectivity index (χ4n) is 2.45. The van der Waals surface area contributed by atoms with Crippen molar-refractivity contribution in [1.29, 1.82) is 0 Å². The summed E-state index contributed by atoms with van der Waals surface area (Å²) in [7, 11) is 0. The van der Waals surface area contributed by atoms with Crippen molar-refractivity contribution < 1.29 is 22.8 Å². The third-order valence-corrected chi connectivity index (χ3v) is 6.12. The Morgan fingerprint density at radius 1 is 1.23 bits per heavy atom. The van der Waals surface area contributed by atoms with Gasteiger partial charge in [0.1, 0.15) is 5.71 Å². The van der Waals surface area contributed by atoms with E-state index in [2.05, 4.69) is 5.16 Å². The molecule has 1 aromatic heterocycles. The molecule has 4 nitrogen and oxygen atoms in total. The van der Waals surface area contributed by atoms with Gasteiger partial charge in [0.25, 0.3) is 11.5 Å². The van der Waals surface area contributed by atoms with E-state index in [4.69, 9.17) is 45.4 Å². The Labute approximate surface area is 164 Å². The average Bonchev–Trinajstić information content (AvgIpc) is 3.18. The summed E-state index contributed by atoms with van der Waals surface area (Å²) >= 11 is 18.5. The molecule has 2 N–H and O–H groups in total. The molecule has 26 heavy (non-hydrogen) atoms. The molecule has 1 aromatic carbocycles. The Morgan fingerprint density at radius 3 is 2.35 bits per heavy atom. The number of oxime groups is 1. The lowest BCUT2D eigenvalue weighted by Crippen LogP contribution is -2.42. The molecule has 1 aliphatic heterocycles. The first-order chi connectivity index (χ1) is 12.0. The number of carbonyl (C=O) groups is 1. The number of benzene rings is 1. The average molecular weight is 444 g/mol. The monoisotopic (exact) mass is 442 g/mol. The van der Waals surface area contributed by atoms with Gasteiger partial charge < -0.3 is 10.6 Å². The van der Waals surface area contributed by atoms with Crippen molar-refractivity contribution in [2.75, 3.05) is 0 Å². The molecule has 1 atom stereocenters. The molecule has 0 bridgehead atoms. The number of nitrogens with two attached hydrogens (primary N) is 1. The Morgan fingerprint density at radius 2 is 1.85 bits per heavy atom. The van der Waals surface area contributed by atoms with E-state index in [1.54, 1.807) is 0 Å². The molecular weight excluding hydrogens is 436 g/mol. The second-order valence-electron chi connectivity index (χ2n) is 5.41. The predicted molar refractivity (Wildman–Crippen MR) is 94.3 cm³/mol. The first-order valence-electron chi connectivity index (χ1n) is 6.92. The predicted octanol–water partition coefficient (Wildman–Crippen LogP) is 5.39. The van der Waals surface area contributed by atoms with Crippen molar-refractivity contribution in [3.8, 4) is 0 Å². The van der Waals surface area contributed by atoms with E-state index in [0.717, 1.165) is 23.5 Å². The summed E-state index contributed by atoms with van der Waals surface area (Å²) in [5, 5.41) is 3.26. The summed E-state index contributed by atoms with van der Waals surface area (Å²) in [6.07, 6.45) is -5.44. The quantitative estimate of drug-likeness (QED) is 0.647. The largest absolute Gasteiger partial charge is 0.435 e. The van der Waals surface area contributed by atoms with Crippen molar-refractivity contribution in [3.63, 3.8) is 0 Å². The van der Waals surface area contributed by atoms with Gasteiger partial charge >= 0.3 is 6.18 Å². The van der Waals surface area contributed by atoms with Crippen LogP contribution in [0.5, 0.6) is 0 Å². The number of primary amides is 1. The summed E-state index contributed by atoms with van der Waals surface area (Å²) in [4.78, 5) is 16.6. The van der Waals surface area contributed by atoms with Crippen molar-refractivity contribution in [3.05, 3.63) is 54.7 Å². The second-order valence-corrected chi connectivity index (χ2v) is 7.69. The van der Waals surface area contributed by atoms with E-state index < -0.39 is 24.1 Å². The summed E-state index contributed by atoms with van der Waals surface area (Å²) < 4.78 is 41.7. The number of thiophene rings is 1. The van der Waals surface area contributed by atoms with Gasteiger partial charge in [-0.2, -0.15) is 13.2 Å². The molecule has 3 rings (SSSR count). The van der Waals surface area contributed by atoms with Crippen molar-refractivity contribution in [1.82, 2.24) is 0 Å². The summed E-state index contributed by atoms with van der Waals surface area (Å²) in [5.41, 5.74) is 2.10. The minimum absolute atomic E-state index is 0.0296. The van der Waals surface area contributed by atoms with Crippen LogP contribution in [0.25, 0.3) is 0 Å². The number of rotatable bonds is 3. The second kappa shape index (κ2) is 6.60. The van der Waals surface area contributed by atoms with Gasteiger partial charge in [0, 0.05) is 5.56 Å². The van der Waals surface area contributed by atoms with Gasteiger partial charge in [0.05, 0.1) is 31.2 Å².